The second-order valence-electron chi connectivity index (χ2n) is 3.82. The smallest absolute Gasteiger partial charge is 0.259 e. The highest BCUT2D eigenvalue weighted by molar-refractivity contribution is 6.36. The van der Waals surface area contributed by atoms with Crippen LogP contribution in [0.4, 0.5) is 11.4 Å². The Labute approximate surface area is 119 Å². The molecule has 0 aliphatic heterocycles. The number of anilines is 2. The molecule has 0 radical (unpaired) electrons. The van der Waals surface area contributed by atoms with E-state index in [-0.39, 0.29) is 17.0 Å². The summed E-state index contributed by atoms with van der Waals surface area (Å²) < 4.78 is 0. The Bertz CT molecular complexity index is 645. The Kier molecular flexibility index (Phi) is 3.83. The highest BCUT2D eigenvalue weighted by Crippen LogP contribution is 2.28. The number of nitrogen functional groups attached to an aromatic ring is 1. The fourth-order valence-electron chi connectivity index (χ4n) is 1.53. The molecule has 0 saturated carbocycles. The molecule has 0 saturated heterocycles. The minimum Gasteiger partial charge on any atom is -0.505 e. The number of phenolic OH excluding ortho intramolecular Hbond substituents is 1. The monoisotopic (exact) mass is 296 g/mol. The summed E-state index contributed by atoms with van der Waals surface area (Å²) in [5.41, 5.74) is 6.14. The van der Waals surface area contributed by atoms with E-state index in [2.05, 4.69) is 5.32 Å². The molecule has 2 aromatic carbocycles. The third-order valence-electron chi connectivity index (χ3n) is 2.49. The highest BCUT2D eigenvalue weighted by atomic mass is 35.5. The number of para-hydroxylation sites is 1. The maximum absolute atomic E-state index is 12.0. The fourth-order valence-corrected chi connectivity index (χ4v) is 1.98. The fraction of sp³-hybridized carbons (Fsp3) is 0. The Morgan fingerprint density at radius 2 is 1.95 bits per heavy atom. The topological polar surface area (TPSA) is 75.4 Å². The van der Waals surface area contributed by atoms with Crippen LogP contribution in [0.5, 0.6) is 5.75 Å². The largest absolute Gasteiger partial charge is 0.505 e. The minimum atomic E-state index is -0.506. The van der Waals surface area contributed by atoms with Crippen LogP contribution in [0.1, 0.15) is 10.4 Å². The van der Waals surface area contributed by atoms with Crippen LogP contribution >= 0.6 is 23.2 Å². The maximum Gasteiger partial charge on any atom is 0.259 e. The van der Waals surface area contributed by atoms with Crippen molar-refractivity contribution in [1.82, 2.24) is 0 Å². The normalized spacial score (nSPS) is 10.2. The van der Waals surface area contributed by atoms with E-state index in [0.717, 1.165) is 0 Å². The van der Waals surface area contributed by atoms with Gasteiger partial charge in [-0.1, -0.05) is 29.3 Å². The van der Waals surface area contributed by atoms with Crippen molar-refractivity contribution in [3.05, 3.63) is 52.0 Å². The molecule has 0 aliphatic carbocycles. The molecule has 0 aliphatic rings. The van der Waals surface area contributed by atoms with Crippen LogP contribution < -0.4 is 11.1 Å². The van der Waals surface area contributed by atoms with Gasteiger partial charge in [-0.3, -0.25) is 4.79 Å². The van der Waals surface area contributed by atoms with Crippen molar-refractivity contribution in [2.75, 3.05) is 11.1 Å². The zero-order chi connectivity index (χ0) is 14.0. The van der Waals surface area contributed by atoms with Crippen LogP contribution in [-0.2, 0) is 0 Å². The van der Waals surface area contributed by atoms with Crippen LogP contribution in [-0.4, -0.2) is 11.0 Å². The number of carbonyl (C=O) groups excluding carboxylic acids is 1. The van der Waals surface area contributed by atoms with Crippen molar-refractivity contribution in [3.8, 4) is 5.75 Å². The average molecular weight is 297 g/mol. The van der Waals surface area contributed by atoms with Gasteiger partial charge in [0.05, 0.1) is 22.0 Å². The van der Waals surface area contributed by atoms with Gasteiger partial charge in [0.1, 0.15) is 0 Å². The number of hydrogen-bond donors (Lipinski definition) is 3. The first kappa shape index (κ1) is 13.5. The van der Waals surface area contributed by atoms with Gasteiger partial charge in [-0.15, -0.1) is 0 Å². The van der Waals surface area contributed by atoms with E-state index in [9.17, 15) is 9.90 Å². The summed E-state index contributed by atoms with van der Waals surface area (Å²) >= 11 is 11.7. The predicted octanol–water partition coefficient (Wildman–Crippen LogP) is 3.53. The molecule has 0 bridgehead atoms. The number of nitrogens with one attached hydrogen (secondary N) is 1. The molecule has 4 nitrogen and oxygen atoms in total. The lowest BCUT2D eigenvalue weighted by Crippen LogP contribution is -2.12. The van der Waals surface area contributed by atoms with Gasteiger partial charge in [0.15, 0.2) is 5.75 Å². The van der Waals surface area contributed by atoms with Crippen LogP contribution in [0.15, 0.2) is 36.4 Å². The number of carbonyl (C=O) groups is 1. The molecule has 0 spiro atoms. The van der Waals surface area contributed by atoms with Crippen molar-refractivity contribution in [2.45, 2.75) is 0 Å². The average Bonchev–Trinajstić information content (AvgIpc) is 2.36. The van der Waals surface area contributed by atoms with Gasteiger partial charge in [0.2, 0.25) is 0 Å². The molecule has 19 heavy (non-hydrogen) atoms. The van der Waals surface area contributed by atoms with Gasteiger partial charge in [0, 0.05) is 5.02 Å². The molecule has 0 fully saturated rings. The minimum absolute atomic E-state index is 0.0750. The molecular weight excluding hydrogens is 287 g/mol. The summed E-state index contributed by atoms with van der Waals surface area (Å²) in [4.78, 5) is 12.0. The predicted molar refractivity (Wildman–Crippen MR) is 76.9 cm³/mol. The first-order valence-corrected chi connectivity index (χ1v) is 6.08. The summed E-state index contributed by atoms with van der Waals surface area (Å²) in [5.74, 6) is -0.765. The molecule has 2 rings (SSSR count). The van der Waals surface area contributed by atoms with E-state index in [1.165, 1.54) is 18.2 Å². The Morgan fingerprint density at radius 3 is 2.63 bits per heavy atom. The standard InChI is InChI=1S/C13H10Cl2N2O2/c14-7-4-5-11(9(15)6-7)17-13(19)8-2-1-3-10(16)12(8)18/h1-6,18H,16H2,(H,17,19). The molecule has 4 N–H and O–H groups in total. The second-order valence-corrected chi connectivity index (χ2v) is 4.67. The van der Waals surface area contributed by atoms with Crippen molar-refractivity contribution in [1.29, 1.82) is 0 Å². The molecule has 0 aromatic heterocycles. The molecule has 2 aromatic rings. The zero-order valence-corrected chi connectivity index (χ0v) is 11.2. The highest BCUT2D eigenvalue weighted by Gasteiger charge is 2.14. The number of hydrogen-bond acceptors (Lipinski definition) is 3. The summed E-state index contributed by atoms with van der Waals surface area (Å²) in [6.45, 7) is 0. The molecule has 98 valence electrons. The SMILES string of the molecule is Nc1cccc(C(=O)Nc2ccc(Cl)cc2Cl)c1O. The van der Waals surface area contributed by atoms with Gasteiger partial charge >= 0.3 is 0 Å². The van der Waals surface area contributed by atoms with Crippen molar-refractivity contribution in [2.24, 2.45) is 0 Å². The van der Waals surface area contributed by atoms with E-state index in [1.807, 2.05) is 0 Å². The first-order valence-electron chi connectivity index (χ1n) is 5.33. The number of phenols is 1. The lowest BCUT2D eigenvalue weighted by atomic mass is 10.1. The summed E-state index contributed by atoms with van der Waals surface area (Å²) in [6.07, 6.45) is 0. The maximum atomic E-state index is 12.0. The Hall–Kier alpha value is -1.91. The summed E-state index contributed by atoms with van der Waals surface area (Å²) in [7, 11) is 0. The lowest BCUT2D eigenvalue weighted by molar-refractivity contribution is 0.102. The van der Waals surface area contributed by atoms with Gasteiger partial charge in [-0.2, -0.15) is 0 Å². The summed E-state index contributed by atoms with van der Waals surface area (Å²) in [6, 6.07) is 9.23. The van der Waals surface area contributed by atoms with Gasteiger partial charge in [-0.25, -0.2) is 0 Å². The van der Waals surface area contributed by atoms with Crippen LogP contribution in [0.2, 0.25) is 10.0 Å². The Morgan fingerprint density at radius 1 is 1.21 bits per heavy atom. The van der Waals surface area contributed by atoms with E-state index in [0.29, 0.717) is 15.7 Å². The van der Waals surface area contributed by atoms with Crippen molar-refractivity contribution in [3.63, 3.8) is 0 Å². The second kappa shape index (κ2) is 5.38. The quantitative estimate of drug-likeness (QED) is 0.586. The first-order chi connectivity index (χ1) is 8.99. The van der Waals surface area contributed by atoms with Crippen LogP contribution in [0.3, 0.4) is 0 Å². The molecule has 0 unspecified atom stereocenters. The molecule has 0 atom stereocenters. The van der Waals surface area contributed by atoms with E-state index in [1.54, 1.807) is 18.2 Å². The van der Waals surface area contributed by atoms with Gasteiger partial charge in [-0.05, 0) is 30.3 Å². The Balaban J connectivity index is 2.28. The molecular formula is C13H10Cl2N2O2. The number of halogens is 2. The number of nitrogens with two attached hydrogens (primary N) is 1. The number of rotatable bonds is 2. The van der Waals surface area contributed by atoms with E-state index < -0.39 is 5.91 Å². The van der Waals surface area contributed by atoms with Gasteiger partial charge in [0.25, 0.3) is 5.91 Å². The lowest BCUT2D eigenvalue weighted by Gasteiger charge is -2.09. The summed E-state index contributed by atoms with van der Waals surface area (Å²) in [5, 5.41) is 13.1. The molecule has 0 heterocycles. The van der Waals surface area contributed by atoms with E-state index >= 15 is 0 Å². The third-order valence-corrected chi connectivity index (χ3v) is 3.04. The number of benzene rings is 2. The van der Waals surface area contributed by atoms with Crippen LogP contribution in [0, 0.1) is 0 Å². The molecule has 6 heteroatoms. The molecule has 1 amide bonds. The van der Waals surface area contributed by atoms with Crippen LogP contribution in [0.25, 0.3) is 0 Å². The third kappa shape index (κ3) is 2.92. The van der Waals surface area contributed by atoms with Crippen molar-refractivity contribution >= 4 is 40.5 Å². The van der Waals surface area contributed by atoms with E-state index in [4.69, 9.17) is 28.9 Å². The van der Waals surface area contributed by atoms with Gasteiger partial charge < -0.3 is 16.2 Å². The number of amides is 1. The van der Waals surface area contributed by atoms with Crippen molar-refractivity contribution < 1.29 is 9.90 Å². The zero-order valence-electron chi connectivity index (χ0n) is 9.65. The number of aromatic hydroxyl groups is 1.